The van der Waals surface area contributed by atoms with E-state index in [0.717, 1.165) is 28.0 Å². The third-order valence-electron chi connectivity index (χ3n) is 4.97. The summed E-state index contributed by atoms with van der Waals surface area (Å²) in [5.74, 6) is 0.693. The van der Waals surface area contributed by atoms with Crippen molar-refractivity contribution in [1.82, 2.24) is 34.6 Å². The SMILES string of the molecule is C[C@@H]1CC[C@@H]1n1cc(-c2nc(-c3cn[nH]c3)cn3nccc23)cn1. The monoisotopic (exact) mass is 319 g/mol. The summed E-state index contributed by atoms with van der Waals surface area (Å²) in [5.41, 5.74) is 4.66. The van der Waals surface area contributed by atoms with Gasteiger partial charge in [0.25, 0.3) is 0 Å². The molecule has 1 aliphatic rings. The van der Waals surface area contributed by atoms with Crippen LogP contribution in [0.2, 0.25) is 0 Å². The van der Waals surface area contributed by atoms with Crippen LogP contribution in [0.1, 0.15) is 25.8 Å². The molecule has 4 heterocycles. The molecule has 1 saturated carbocycles. The van der Waals surface area contributed by atoms with E-state index in [1.807, 2.05) is 29.2 Å². The molecule has 1 N–H and O–H groups in total. The molecule has 0 aromatic carbocycles. The lowest BCUT2D eigenvalue weighted by Crippen LogP contribution is -2.26. The van der Waals surface area contributed by atoms with Gasteiger partial charge in [0.15, 0.2) is 0 Å². The zero-order valence-corrected chi connectivity index (χ0v) is 13.3. The first-order valence-corrected chi connectivity index (χ1v) is 8.17. The van der Waals surface area contributed by atoms with Crippen molar-refractivity contribution in [3.63, 3.8) is 0 Å². The molecule has 24 heavy (non-hydrogen) atoms. The minimum absolute atomic E-state index is 0.511. The number of fused-ring (bicyclic) bond motifs is 1. The first-order chi connectivity index (χ1) is 11.8. The summed E-state index contributed by atoms with van der Waals surface area (Å²) >= 11 is 0. The second kappa shape index (κ2) is 5.02. The lowest BCUT2D eigenvalue weighted by atomic mass is 9.81. The number of hydrogen-bond donors (Lipinski definition) is 1. The van der Waals surface area contributed by atoms with Gasteiger partial charge in [0, 0.05) is 23.5 Å². The lowest BCUT2D eigenvalue weighted by molar-refractivity contribution is 0.185. The van der Waals surface area contributed by atoms with Gasteiger partial charge in [-0.25, -0.2) is 9.50 Å². The largest absolute Gasteiger partial charge is 0.285 e. The van der Waals surface area contributed by atoms with Gasteiger partial charge in [0.05, 0.1) is 47.7 Å². The molecule has 0 saturated heterocycles. The van der Waals surface area contributed by atoms with Gasteiger partial charge in [-0.3, -0.25) is 9.78 Å². The molecule has 4 aromatic heterocycles. The van der Waals surface area contributed by atoms with Gasteiger partial charge in [-0.1, -0.05) is 6.92 Å². The Morgan fingerprint density at radius 2 is 2.08 bits per heavy atom. The van der Waals surface area contributed by atoms with Crippen LogP contribution in [0.3, 0.4) is 0 Å². The predicted octanol–water partition coefficient (Wildman–Crippen LogP) is 2.95. The highest BCUT2D eigenvalue weighted by Crippen LogP contribution is 2.38. The van der Waals surface area contributed by atoms with Gasteiger partial charge in [0.1, 0.15) is 0 Å². The van der Waals surface area contributed by atoms with Crippen molar-refractivity contribution in [2.24, 2.45) is 5.92 Å². The Morgan fingerprint density at radius 3 is 2.83 bits per heavy atom. The second-order valence-corrected chi connectivity index (χ2v) is 6.45. The van der Waals surface area contributed by atoms with Gasteiger partial charge in [-0.2, -0.15) is 15.3 Å². The molecule has 1 fully saturated rings. The van der Waals surface area contributed by atoms with Crippen molar-refractivity contribution in [2.45, 2.75) is 25.8 Å². The van der Waals surface area contributed by atoms with Gasteiger partial charge >= 0.3 is 0 Å². The molecule has 2 atom stereocenters. The van der Waals surface area contributed by atoms with E-state index in [9.17, 15) is 0 Å². The molecule has 0 amide bonds. The van der Waals surface area contributed by atoms with Crippen LogP contribution in [0.25, 0.3) is 28.0 Å². The molecule has 1 aliphatic carbocycles. The molecule has 0 aliphatic heterocycles. The fraction of sp³-hybridized carbons (Fsp3) is 0.294. The Hall–Kier alpha value is -2.96. The van der Waals surface area contributed by atoms with E-state index in [2.05, 4.69) is 38.2 Å². The number of rotatable bonds is 3. The quantitative estimate of drug-likeness (QED) is 0.630. The van der Waals surface area contributed by atoms with Gasteiger partial charge in [0.2, 0.25) is 0 Å². The number of nitrogens with one attached hydrogen (secondary N) is 1. The summed E-state index contributed by atoms with van der Waals surface area (Å²) in [6.45, 7) is 2.28. The highest BCUT2D eigenvalue weighted by atomic mass is 15.3. The maximum absolute atomic E-state index is 4.85. The average molecular weight is 319 g/mol. The second-order valence-electron chi connectivity index (χ2n) is 6.45. The highest BCUT2D eigenvalue weighted by molar-refractivity contribution is 5.78. The Bertz CT molecular complexity index is 995. The summed E-state index contributed by atoms with van der Waals surface area (Å²) in [4.78, 5) is 4.85. The normalized spacial score (nSPS) is 20.4. The van der Waals surface area contributed by atoms with E-state index in [0.29, 0.717) is 12.0 Å². The van der Waals surface area contributed by atoms with Crippen LogP contribution < -0.4 is 0 Å². The number of aromatic nitrogens is 7. The van der Waals surface area contributed by atoms with Crippen molar-refractivity contribution in [3.05, 3.63) is 43.2 Å². The Balaban J connectivity index is 1.64. The zero-order valence-electron chi connectivity index (χ0n) is 13.3. The van der Waals surface area contributed by atoms with E-state index in [4.69, 9.17) is 4.98 Å². The molecule has 0 radical (unpaired) electrons. The molecule has 0 spiro atoms. The van der Waals surface area contributed by atoms with Crippen LogP contribution in [0.15, 0.2) is 43.2 Å². The lowest BCUT2D eigenvalue weighted by Gasteiger charge is -2.33. The van der Waals surface area contributed by atoms with Gasteiger partial charge in [-0.15, -0.1) is 0 Å². The van der Waals surface area contributed by atoms with E-state index in [1.165, 1.54) is 12.8 Å². The van der Waals surface area contributed by atoms with Crippen LogP contribution in [0.4, 0.5) is 0 Å². The van der Waals surface area contributed by atoms with Crippen molar-refractivity contribution in [2.75, 3.05) is 0 Å². The first kappa shape index (κ1) is 13.5. The van der Waals surface area contributed by atoms with Crippen molar-refractivity contribution < 1.29 is 0 Å². The first-order valence-electron chi connectivity index (χ1n) is 8.17. The van der Waals surface area contributed by atoms with Crippen LogP contribution in [0.5, 0.6) is 0 Å². The molecule has 5 rings (SSSR count). The summed E-state index contributed by atoms with van der Waals surface area (Å²) in [7, 11) is 0. The minimum Gasteiger partial charge on any atom is -0.285 e. The molecule has 0 unspecified atom stereocenters. The molecule has 4 aromatic rings. The van der Waals surface area contributed by atoms with Crippen LogP contribution >= 0.6 is 0 Å². The molecule has 120 valence electrons. The number of H-pyrrole nitrogens is 1. The molecule has 0 bridgehead atoms. The smallest absolute Gasteiger partial charge is 0.0999 e. The summed E-state index contributed by atoms with van der Waals surface area (Å²) < 4.78 is 3.94. The van der Waals surface area contributed by atoms with E-state index >= 15 is 0 Å². The van der Waals surface area contributed by atoms with Crippen molar-refractivity contribution in [1.29, 1.82) is 0 Å². The van der Waals surface area contributed by atoms with Crippen molar-refractivity contribution in [3.8, 4) is 22.5 Å². The third kappa shape index (κ3) is 1.97. The minimum atomic E-state index is 0.511. The van der Waals surface area contributed by atoms with Gasteiger partial charge < -0.3 is 0 Å². The molecule has 7 heteroatoms. The van der Waals surface area contributed by atoms with E-state index < -0.39 is 0 Å². The number of aromatic amines is 1. The van der Waals surface area contributed by atoms with Crippen LogP contribution in [-0.4, -0.2) is 34.6 Å². The topological polar surface area (TPSA) is 76.7 Å². The highest BCUT2D eigenvalue weighted by Gasteiger charge is 2.29. The van der Waals surface area contributed by atoms with Crippen LogP contribution in [-0.2, 0) is 0 Å². The Kier molecular flexibility index (Phi) is 2.82. The van der Waals surface area contributed by atoms with Gasteiger partial charge in [-0.05, 0) is 24.8 Å². The summed E-state index contributed by atoms with van der Waals surface area (Å²) in [5, 5.41) is 15.8. The third-order valence-corrected chi connectivity index (χ3v) is 4.97. The summed E-state index contributed by atoms with van der Waals surface area (Å²) in [6.07, 6.45) is 13.8. The van der Waals surface area contributed by atoms with E-state index in [-0.39, 0.29) is 0 Å². The molecule has 7 nitrogen and oxygen atoms in total. The summed E-state index contributed by atoms with van der Waals surface area (Å²) in [6, 6.07) is 2.49. The Labute approximate surface area is 138 Å². The molecular formula is C17H17N7. The zero-order chi connectivity index (χ0) is 16.1. The maximum Gasteiger partial charge on any atom is 0.0999 e. The number of hydrogen-bond acceptors (Lipinski definition) is 4. The fourth-order valence-corrected chi connectivity index (χ4v) is 3.35. The number of nitrogens with zero attached hydrogens (tertiary/aromatic N) is 6. The van der Waals surface area contributed by atoms with Crippen molar-refractivity contribution >= 4 is 5.52 Å². The Morgan fingerprint density at radius 1 is 1.12 bits per heavy atom. The predicted molar refractivity (Wildman–Crippen MR) is 89.2 cm³/mol. The average Bonchev–Trinajstić information content (AvgIpc) is 3.32. The molecular weight excluding hydrogens is 302 g/mol. The standard InChI is InChI=1S/C17H17N7/c1-11-2-3-15(11)23-9-13(8-21-23)17-16-4-5-20-24(16)10-14(22-17)12-6-18-19-7-12/h4-11,15H,2-3H2,1H3,(H,18,19)/t11-,15+/m1/s1. The maximum atomic E-state index is 4.85. The van der Waals surface area contributed by atoms with Crippen LogP contribution in [0, 0.1) is 5.92 Å². The van der Waals surface area contributed by atoms with E-state index in [1.54, 1.807) is 12.4 Å². The fourth-order valence-electron chi connectivity index (χ4n) is 3.35.